The lowest BCUT2D eigenvalue weighted by Crippen LogP contribution is -2.35. The Kier molecular flexibility index (Phi) is 3.02. The molecule has 5 heteroatoms. The molecule has 5 nitrogen and oxygen atoms in total. The van der Waals surface area contributed by atoms with Gasteiger partial charge in [-0.15, -0.1) is 0 Å². The van der Waals surface area contributed by atoms with Gasteiger partial charge in [-0.25, -0.2) is 4.79 Å². The minimum absolute atomic E-state index is 0.00786. The Morgan fingerprint density at radius 3 is 2.50 bits per heavy atom. The topological polar surface area (TPSA) is 80.0 Å². The largest absolute Gasteiger partial charge is 0.323 e. The van der Waals surface area contributed by atoms with Crippen molar-refractivity contribution in [3.05, 3.63) is 35.4 Å². The SMILES string of the molecule is CC(C)N1C(=O)NC(=N)C1c1ccc(C#N)cc1. The van der Waals surface area contributed by atoms with Crippen molar-refractivity contribution in [1.82, 2.24) is 10.2 Å². The molecule has 1 aliphatic heterocycles. The third-order valence-electron chi connectivity index (χ3n) is 2.94. The highest BCUT2D eigenvalue weighted by Gasteiger charge is 2.38. The Labute approximate surface area is 106 Å². The highest BCUT2D eigenvalue weighted by Crippen LogP contribution is 2.28. The summed E-state index contributed by atoms with van der Waals surface area (Å²) in [4.78, 5) is 13.4. The number of nitrogens with zero attached hydrogens (tertiary/aromatic N) is 2. The molecule has 18 heavy (non-hydrogen) atoms. The number of nitrogens with one attached hydrogen (secondary N) is 2. The Morgan fingerprint density at radius 2 is 2.00 bits per heavy atom. The van der Waals surface area contributed by atoms with Crippen LogP contribution >= 0.6 is 0 Å². The summed E-state index contributed by atoms with van der Waals surface area (Å²) < 4.78 is 0. The van der Waals surface area contributed by atoms with Gasteiger partial charge in [0.15, 0.2) is 0 Å². The molecule has 1 aromatic rings. The summed E-state index contributed by atoms with van der Waals surface area (Å²) in [6.45, 7) is 3.82. The first-order valence-electron chi connectivity index (χ1n) is 5.72. The fraction of sp³-hybridized carbons (Fsp3) is 0.308. The second-order valence-corrected chi connectivity index (χ2v) is 4.48. The standard InChI is InChI=1S/C13H14N4O/c1-8(2)17-11(12(15)16-13(17)18)10-5-3-9(7-14)4-6-10/h3-6,8,11H,1-2H3,(H2,15,16,18). The molecule has 0 saturated carbocycles. The Morgan fingerprint density at radius 1 is 1.39 bits per heavy atom. The zero-order chi connectivity index (χ0) is 13.3. The molecule has 1 saturated heterocycles. The summed E-state index contributed by atoms with van der Waals surface area (Å²) in [6, 6.07) is 8.39. The summed E-state index contributed by atoms with van der Waals surface area (Å²) in [7, 11) is 0. The van der Waals surface area contributed by atoms with E-state index >= 15 is 0 Å². The molecule has 1 aromatic carbocycles. The molecule has 2 amide bonds. The Balaban J connectivity index is 2.38. The Bertz CT molecular complexity index is 527. The first-order chi connectivity index (χ1) is 8.54. The number of hydrogen-bond donors (Lipinski definition) is 2. The molecular formula is C13H14N4O. The van der Waals surface area contributed by atoms with Crippen molar-refractivity contribution in [3.8, 4) is 6.07 Å². The number of nitriles is 1. The van der Waals surface area contributed by atoms with Crippen molar-refractivity contribution in [2.75, 3.05) is 0 Å². The number of carbonyl (C=O) groups excluding carboxylic acids is 1. The molecule has 1 fully saturated rings. The number of hydrogen-bond acceptors (Lipinski definition) is 3. The zero-order valence-corrected chi connectivity index (χ0v) is 10.3. The average Bonchev–Trinajstić information content (AvgIpc) is 2.64. The van der Waals surface area contributed by atoms with Crippen molar-refractivity contribution < 1.29 is 4.79 Å². The number of carbonyl (C=O) groups is 1. The van der Waals surface area contributed by atoms with Crippen LogP contribution in [-0.4, -0.2) is 22.8 Å². The number of urea groups is 1. The third-order valence-corrected chi connectivity index (χ3v) is 2.94. The molecule has 2 N–H and O–H groups in total. The zero-order valence-electron chi connectivity index (χ0n) is 10.3. The van der Waals surface area contributed by atoms with E-state index < -0.39 is 0 Å². The second kappa shape index (κ2) is 4.49. The molecule has 0 aromatic heterocycles. The van der Waals surface area contributed by atoms with Crippen LogP contribution in [0.3, 0.4) is 0 Å². The van der Waals surface area contributed by atoms with Gasteiger partial charge in [-0.2, -0.15) is 5.26 Å². The summed E-state index contributed by atoms with van der Waals surface area (Å²) in [5.74, 6) is 0.179. The molecule has 1 atom stereocenters. The number of amidine groups is 1. The van der Waals surface area contributed by atoms with E-state index in [1.54, 1.807) is 29.2 Å². The van der Waals surface area contributed by atoms with Crippen LogP contribution in [0.2, 0.25) is 0 Å². The van der Waals surface area contributed by atoms with Gasteiger partial charge in [-0.05, 0) is 31.5 Å². The summed E-state index contributed by atoms with van der Waals surface area (Å²) in [5, 5.41) is 19.1. The normalized spacial score (nSPS) is 19.0. The first kappa shape index (κ1) is 12.1. The highest BCUT2D eigenvalue weighted by molar-refractivity contribution is 6.06. The Hall–Kier alpha value is -2.35. The quantitative estimate of drug-likeness (QED) is 0.831. The van der Waals surface area contributed by atoms with Gasteiger partial charge in [0.2, 0.25) is 0 Å². The van der Waals surface area contributed by atoms with Crippen LogP contribution in [0.15, 0.2) is 24.3 Å². The van der Waals surface area contributed by atoms with E-state index in [0.717, 1.165) is 5.56 Å². The smallest absolute Gasteiger partial charge is 0.308 e. The van der Waals surface area contributed by atoms with Crippen LogP contribution in [0.25, 0.3) is 0 Å². The van der Waals surface area contributed by atoms with Gasteiger partial charge in [0.1, 0.15) is 11.9 Å². The first-order valence-corrected chi connectivity index (χ1v) is 5.72. The van der Waals surface area contributed by atoms with Gasteiger partial charge >= 0.3 is 6.03 Å². The summed E-state index contributed by atoms with van der Waals surface area (Å²) in [6.07, 6.45) is 0. The fourth-order valence-corrected chi connectivity index (χ4v) is 2.10. The van der Waals surface area contributed by atoms with Crippen molar-refractivity contribution in [3.63, 3.8) is 0 Å². The molecule has 0 bridgehead atoms. The van der Waals surface area contributed by atoms with E-state index in [-0.39, 0.29) is 24.0 Å². The molecule has 0 spiro atoms. The van der Waals surface area contributed by atoms with Crippen LogP contribution in [-0.2, 0) is 0 Å². The maximum absolute atomic E-state index is 11.8. The predicted octanol–water partition coefficient (Wildman–Crippen LogP) is 2.01. The summed E-state index contributed by atoms with van der Waals surface area (Å²) in [5.41, 5.74) is 1.41. The van der Waals surface area contributed by atoms with Crippen molar-refractivity contribution in [2.24, 2.45) is 0 Å². The van der Waals surface area contributed by atoms with Crippen LogP contribution in [0.1, 0.15) is 31.0 Å². The van der Waals surface area contributed by atoms with Gasteiger partial charge in [0, 0.05) is 6.04 Å². The molecular weight excluding hydrogens is 228 g/mol. The molecule has 1 unspecified atom stereocenters. The monoisotopic (exact) mass is 242 g/mol. The average molecular weight is 242 g/mol. The molecule has 92 valence electrons. The maximum Gasteiger partial charge on any atom is 0.323 e. The van der Waals surface area contributed by atoms with Crippen molar-refractivity contribution in [2.45, 2.75) is 25.9 Å². The van der Waals surface area contributed by atoms with Gasteiger partial charge in [-0.1, -0.05) is 12.1 Å². The molecule has 1 aliphatic rings. The number of benzene rings is 1. The number of amides is 2. The van der Waals surface area contributed by atoms with E-state index in [2.05, 4.69) is 5.32 Å². The molecule has 2 rings (SSSR count). The third kappa shape index (κ3) is 1.93. The lowest BCUT2D eigenvalue weighted by molar-refractivity contribution is 0.190. The van der Waals surface area contributed by atoms with E-state index in [1.165, 1.54) is 0 Å². The van der Waals surface area contributed by atoms with Gasteiger partial charge in [0.05, 0.1) is 11.6 Å². The minimum atomic E-state index is -0.384. The predicted molar refractivity (Wildman–Crippen MR) is 67.1 cm³/mol. The van der Waals surface area contributed by atoms with E-state index in [0.29, 0.717) is 5.56 Å². The maximum atomic E-state index is 11.8. The van der Waals surface area contributed by atoms with Crippen molar-refractivity contribution in [1.29, 1.82) is 10.7 Å². The van der Waals surface area contributed by atoms with Crippen LogP contribution in [0, 0.1) is 16.7 Å². The van der Waals surface area contributed by atoms with Crippen LogP contribution in [0.5, 0.6) is 0 Å². The number of rotatable bonds is 2. The fourth-order valence-electron chi connectivity index (χ4n) is 2.10. The van der Waals surface area contributed by atoms with Gasteiger partial charge in [0.25, 0.3) is 0 Å². The van der Waals surface area contributed by atoms with Crippen molar-refractivity contribution >= 4 is 11.9 Å². The minimum Gasteiger partial charge on any atom is -0.308 e. The van der Waals surface area contributed by atoms with Crippen LogP contribution in [0.4, 0.5) is 4.79 Å². The second-order valence-electron chi connectivity index (χ2n) is 4.48. The molecule has 0 radical (unpaired) electrons. The molecule has 0 aliphatic carbocycles. The summed E-state index contributed by atoms with van der Waals surface area (Å²) >= 11 is 0. The lowest BCUT2D eigenvalue weighted by atomic mass is 10.0. The van der Waals surface area contributed by atoms with Gasteiger partial charge < -0.3 is 4.90 Å². The highest BCUT2D eigenvalue weighted by atomic mass is 16.2. The van der Waals surface area contributed by atoms with E-state index in [4.69, 9.17) is 10.7 Å². The van der Waals surface area contributed by atoms with Gasteiger partial charge in [-0.3, -0.25) is 10.7 Å². The molecule has 1 heterocycles. The van der Waals surface area contributed by atoms with E-state index in [9.17, 15) is 4.79 Å². The van der Waals surface area contributed by atoms with E-state index in [1.807, 2.05) is 19.9 Å². The lowest BCUT2D eigenvalue weighted by Gasteiger charge is -2.26. The van der Waals surface area contributed by atoms with Crippen LogP contribution < -0.4 is 5.32 Å².